The van der Waals surface area contributed by atoms with Crippen LogP contribution in [-0.2, 0) is 12.8 Å². The van der Waals surface area contributed by atoms with Gasteiger partial charge in [0.15, 0.2) is 5.82 Å². The normalized spacial score (nSPS) is 18.3. The summed E-state index contributed by atoms with van der Waals surface area (Å²) in [5.74, 6) is 2.17. The van der Waals surface area contributed by atoms with Gasteiger partial charge >= 0.3 is 0 Å². The number of aryl methyl sites for hydroxylation is 1. The van der Waals surface area contributed by atoms with E-state index in [2.05, 4.69) is 39.4 Å². The molecular formula is C13H16N4. The third kappa shape index (κ3) is 1.85. The van der Waals surface area contributed by atoms with Gasteiger partial charge in [-0.25, -0.2) is 4.98 Å². The molecule has 1 heterocycles. The minimum absolute atomic E-state index is 0.356. The highest BCUT2D eigenvalue weighted by atomic mass is 15.2. The second kappa shape index (κ2) is 4.30. The maximum absolute atomic E-state index is 5.51. The van der Waals surface area contributed by atoms with Crippen molar-refractivity contribution in [2.45, 2.75) is 25.2 Å². The molecule has 0 aliphatic heterocycles. The van der Waals surface area contributed by atoms with Crippen LogP contribution in [0.3, 0.4) is 0 Å². The summed E-state index contributed by atoms with van der Waals surface area (Å²) < 4.78 is 0. The molecule has 1 aromatic heterocycles. The van der Waals surface area contributed by atoms with Crippen molar-refractivity contribution in [2.75, 3.05) is 6.54 Å². The van der Waals surface area contributed by atoms with Crippen LogP contribution in [0.15, 0.2) is 24.3 Å². The predicted octanol–water partition coefficient (Wildman–Crippen LogP) is 1.38. The largest absolute Gasteiger partial charge is 0.330 e. The van der Waals surface area contributed by atoms with E-state index in [0.717, 1.165) is 30.9 Å². The molecule has 4 heteroatoms. The average Bonchev–Trinajstić information content (AvgIpc) is 2.95. The molecule has 0 saturated heterocycles. The highest BCUT2D eigenvalue weighted by Crippen LogP contribution is 2.36. The van der Waals surface area contributed by atoms with Gasteiger partial charge in [-0.1, -0.05) is 24.3 Å². The number of benzene rings is 1. The van der Waals surface area contributed by atoms with E-state index in [1.54, 1.807) is 0 Å². The molecule has 2 aromatic rings. The van der Waals surface area contributed by atoms with Crippen molar-refractivity contribution < 1.29 is 0 Å². The Morgan fingerprint density at radius 1 is 1.35 bits per heavy atom. The summed E-state index contributed by atoms with van der Waals surface area (Å²) in [4.78, 5) is 4.53. The summed E-state index contributed by atoms with van der Waals surface area (Å²) in [5.41, 5.74) is 8.33. The first kappa shape index (κ1) is 10.5. The van der Waals surface area contributed by atoms with Crippen LogP contribution in [0.4, 0.5) is 0 Å². The molecule has 0 spiro atoms. The monoisotopic (exact) mass is 228 g/mol. The Kier molecular flexibility index (Phi) is 2.65. The van der Waals surface area contributed by atoms with E-state index in [4.69, 9.17) is 5.73 Å². The van der Waals surface area contributed by atoms with E-state index < -0.39 is 0 Å². The second-order valence-electron chi connectivity index (χ2n) is 4.47. The van der Waals surface area contributed by atoms with Crippen LogP contribution in [0.25, 0.3) is 0 Å². The summed E-state index contributed by atoms with van der Waals surface area (Å²) in [6.07, 6.45) is 3.00. The lowest BCUT2D eigenvalue weighted by atomic mass is 10.0. The quantitative estimate of drug-likeness (QED) is 0.834. The van der Waals surface area contributed by atoms with E-state index in [1.165, 1.54) is 11.1 Å². The molecule has 3 N–H and O–H groups in total. The third-order valence-corrected chi connectivity index (χ3v) is 3.37. The van der Waals surface area contributed by atoms with Crippen LogP contribution in [-0.4, -0.2) is 21.7 Å². The Labute approximate surface area is 100 Å². The van der Waals surface area contributed by atoms with Gasteiger partial charge in [0.2, 0.25) is 0 Å². The lowest BCUT2D eigenvalue weighted by molar-refractivity contribution is 0.732. The Morgan fingerprint density at radius 2 is 2.24 bits per heavy atom. The van der Waals surface area contributed by atoms with E-state index in [0.29, 0.717) is 12.5 Å². The van der Waals surface area contributed by atoms with Crippen LogP contribution in [0.1, 0.15) is 35.1 Å². The molecule has 88 valence electrons. The summed E-state index contributed by atoms with van der Waals surface area (Å²) in [6, 6.07) is 8.57. The van der Waals surface area contributed by atoms with Crippen molar-refractivity contribution in [3.63, 3.8) is 0 Å². The summed E-state index contributed by atoms with van der Waals surface area (Å²) in [6.45, 7) is 0.607. The van der Waals surface area contributed by atoms with E-state index in [9.17, 15) is 0 Å². The summed E-state index contributed by atoms with van der Waals surface area (Å²) in [7, 11) is 0. The van der Waals surface area contributed by atoms with Crippen molar-refractivity contribution in [3.8, 4) is 0 Å². The molecular weight excluding hydrogens is 212 g/mol. The Morgan fingerprint density at radius 3 is 3.12 bits per heavy atom. The predicted molar refractivity (Wildman–Crippen MR) is 65.7 cm³/mol. The SMILES string of the molecule is NCCc1nc(C2CCc3ccccc32)n[nH]1. The first-order valence-electron chi connectivity index (χ1n) is 6.07. The van der Waals surface area contributed by atoms with Crippen LogP contribution < -0.4 is 5.73 Å². The standard InChI is InChI=1S/C13H16N4/c14-8-7-12-15-13(17-16-12)11-6-5-9-3-1-2-4-10(9)11/h1-4,11H,5-8,14H2,(H,15,16,17). The molecule has 3 rings (SSSR count). The number of nitrogens with one attached hydrogen (secondary N) is 1. The number of aromatic amines is 1. The first-order valence-corrected chi connectivity index (χ1v) is 6.07. The zero-order chi connectivity index (χ0) is 11.7. The number of H-pyrrole nitrogens is 1. The van der Waals surface area contributed by atoms with Crippen LogP contribution in [0.5, 0.6) is 0 Å². The van der Waals surface area contributed by atoms with Crippen molar-refractivity contribution in [3.05, 3.63) is 47.0 Å². The molecule has 0 amide bonds. The van der Waals surface area contributed by atoms with Crippen LogP contribution in [0, 0.1) is 0 Å². The van der Waals surface area contributed by atoms with Crippen LogP contribution in [0.2, 0.25) is 0 Å². The van der Waals surface area contributed by atoms with Gasteiger partial charge in [-0.2, -0.15) is 5.10 Å². The number of hydrogen-bond donors (Lipinski definition) is 2. The zero-order valence-electron chi connectivity index (χ0n) is 9.69. The van der Waals surface area contributed by atoms with Gasteiger partial charge in [0.05, 0.1) is 0 Å². The number of nitrogens with zero attached hydrogens (tertiary/aromatic N) is 2. The number of rotatable bonds is 3. The maximum Gasteiger partial charge on any atom is 0.158 e. The fourth-order valence-electron chi connectivity index (χ4n) is 2.54. The van der Waals surface area contributed by atoms with Gasteiger partial charge in [-0.05, 0) is 30.5 Å². The third-order valence-electron chi connectivity index (χ3n) is 3.37. The first-order chi connectivity index (χ1) is 8.38. The fraction of sp³-hybridized carbons (Fsp3) is 0.385. The Bertz CT molecular complexity index is 518. The highest BCUT2D eigenvalue weighted by molar-refractivity contribution is 5.38. The maximum atomic E-state index is 5.51. The van der Waals surface area contributed by atoms with Gasteiger partial charge in [0, 0.05) is 12.3 Å². The molecule has 1 atom stereocenters. The minimum Gasteiger partial charge on any atom is -0.330 e. The molecule has 17 heavy (non-hydrogen) atoms. The summed E-state index contributed by atoms with van der Waals surface area (Å²) >= 11 is 0. The van der Waals surface area contributed by atoms with Crippen LogP contribution >= 0.6 is 0 Å². The molecule has 1 aromatic carbocycles. The summed E-state index contributed by atoms with van der Waals surface area (Å²) in [5, 5.41) is 7.30. The van der Waals surface area contributed by atoms with Crippen molar-refractivity contribution in [2.24, 2.45) is 5.73 Å². The fourth-order valence-corrected chi connectivity index (χ4v) is 2.54. The lowest BCUT2D eigenvalue weighted by Gasteiger charge is -2.06. The smallest absolute Gasteiger partial charge is 0.158 e. The van der Waals surface area contributed by atoms with Gasteiger partial charge in [-0.15, -0.1) is 0 Å². The number of aromatic nitrogens is 3. The molecule has 0 bridgehead atoms. The topological polar surface area (TPSA) is 67.6 Å². The second-order valence-corrected chi connectivity index (χ2v) is 4.47. The molecule has 0 saturated carbocycles. The Balaban J connectivity index is 1.90. The molecule has 1 aliphatic rings. The zero-order valence-corrected chi connectivity index (χ0v) is 9.69. The van der Waals surface area contributed by atoms with Gasteiger partial charge in [-0.3, -0.25) is 5.10 Å². The molecule has 0 radical (unpaired) electrons. The Hall–Kier alpha value is -1.68. The van der Waals surface area contributed by atoms with E-state index >= 15 is 0 Å². The molecule has 1 unspecified atom stereocenters. The van der Waals surface area contributed by atoms with E-state index in [1.807, 2.05) is 0 Å². The van der Waals surface area contributed by atoms with Crippen molar-refractivity contribution >= 4 is 0 Å². The lowest BCUT2D eigenvalue weighted by Crippen LogP contribution is -2.04. The van der Waals surface area contributed by atoms with Gasteiger partial charge in [0.25, 0.3) is 0 Å². The number of fused-ring (bicyclic) bond motifs is 1. The molecule has 1 aliphatic carbocycles. The number of nitrogens with two attached hydrogens (primary N) is 1. The molecule has 4 nitrogen and oxygen atoms in total. The van der Waals surface area contributed by atoms with Crippen molar-refractivity contribution in [1.82, 2.24) is 15.2 Å². The molecule has 0 fully saturated rings. The highest BCUT2D eigenvalue weighted by Gasteiger charge is 2.26. The average molecular weight is 228 g/mol. The van der Waals surface area contributed by atoms with E-state index in [-0.39, 0.29) is 0 Å². The number of hydrogen-bond acceptors (Lipinski definition) is 3. The minimum atomic E-state index is 0.356. The van der Waals surface area contributed by atoms with Gasteiger partial charge in [0.1, 0.15) is 5.82 Å². The van der Waals surface area contributed by atoms with Crippen molar-refractivity contribution in [1.29, 1.82) is 0 Å². The van der Waals surface area contributed by atoms with Gasteiger partial charge < -0.3 is 5.73 Å².